The predicted molar refractivity (Wildman–Crippen MR) is 132 cm³/mol. The van der Waals surface area contributed by atoms with E-state index in [1.165, 1.54) is 6.21 Å². The molecule has 3 rings (SSSR count). The topological polar surface area (TPSA) is 93.8 Å². The van der Waals surface area contributed by atoms with E-state index in [4.69, 9.17) is 10.5 Å². The highest BCUT2D eigenvalue weighted by Gasteiger charge is 2.13. The Morgan fingerprint density at radius 1 is 1.03 bits per heavy atom. The molecule has 3 aromatic rings. The third-order valence-corrected chi connectivity index (χ3v) is 5.96. The Balaban J connectivity index is 1.62. The number of nitrogen functional groups attached to an aromatic ring is 1. The van der Waals surface area contributed by atoms with Crippen LogP contribution in [0.25, 0.3) is 0 Å². The van der Waals surface area contributed by atoms with Gasteiger partial charge in [-0.2, -0.15) is 5.10 Å². The number of ether oxygens (including phenoxy) is 1. The molecule has 0 aliphatic heterocycles. The lowest BCUT2D eigenvalue weighted by Gasteiger charge is -2.07. The molecule has 0 fully saturated rings. The molecule has 0 bridgehead atoms. The van der Waals surface area contributed by atoms with Crippen LogP contribution in [0.2, 0.25) is 0 Å². The summed E-state index contributed by atoms with van der Waals surface area (Å²) in [4.78, 5) is 24.6. The summed E-state index contributed by atoms with van der Waals surface area (Å²) in [5, 5.41) is 3.95. The van der Waals surface area contributed by atoms with Crippen LogP contribution in [0.15, 0.2) is 74.7 Å². The molecule has 1 amide bonds. The third kappa shape index (κ3) is 5.67. The maximum absolute atomic E-state index is 12.3. The molecule has 0 heterocycles. The van der Waals surface area contributed by atoms with Crippen molar-refractivity contribution >= 4 is 78.2 Å². The largest absolute Gasteiger partial charge is 0.423 e. The molecular weight excluding hydrogens is 629 g/mol. The van der Waals surface area contributed by atoms with Gasteiger partial charge in [0, 0.05) is 12.5 Å². The zero-order valence-electron chi connectivity index (χ0n) is 15.2. The summed E-state index contributed by atoms with van der Waals surface area (Å²) in [5.74, 6) is -0.451. The van der Waals surface area contributed by atoms with Crippen molar-refractivity contribution in [2.75, 3.05) is 5.73 Å². The van der Waals surface area contributed by atoms with Crippen molar-refractivity contribution in [3.63, 3.8) is 0 Å². The lowest BCUT2D eigenvalue weighted by molar-refractivity contribution is 0.0733. The number of hydrogen-bond acceptors (Lipinski definition) is 5. The van der Waals surface area contributed by atoms with Crippen LogP contribution < -0.4 is 15.9 Å². The molecule has 30 heavy (non-hydrogen) atoms. The van der Waals surface area contributed by atoms with Crippen LogP contribution in [0.1, 0.15) is 26.3 Å². The van der Waals surface area contributed by atoms with Crippen LogP contribution in [0.5, 0.6) is 5.75 Å². The summed E-state index contributed by atoms with van der Waals surface area (Å²) in [7, 11) is 0. The van der Waals surface area contributed by atoms with Gasteiger partial charge in [-0.25, -0.2) is 10.2 Å². The Bertz CT molecular complexity index is 1130. The highest BCUT2D eigenvalue weighted by molar-refractivity contribution is 14.1. The van der Waals surface area contributed by atoms with Crippen molar-refractivity contribution in [1.29, 1.82) is 0 Å². The number of halogens is 3. The zero-order chi connectivity index (χ0) is 21.7. The Morgan fingerprint density at radius 2 is 1.73 bits per heavy atom. The summed E-state index contributed by atoms with van der Waals surface area (Å²) < 4.78 is 7.54. The van der Waals surface area contributed by atoms with E-state index in [1.54, 1.807) is 48.5 Å². The van der Waals surface area contributed by atoms with Gasteiger partial charge in [0.1, 0.15) is 5.75 Å². The van der Waals surface area contributed by atoms with Gasteiger partial charge in [-0.3, -0.25) is 4.79 Å². The second-order valence-corrected chi connectivity index (χ2v) is 8.92. The zero-order valence-corrected chi connectivity index (χ0v) is 20.6. The molecule has 0 spiro atoms. The Labute approximate surface area is 203 Å². The minimum Gasteiger partial charge on any atom is -0.423 e. The first-order chi connectivity index (χ1) is 14.3. The van der Waals surface area contributed by atoms with Crippen LogP contribution in [-0.4, -0.2) is 18.1 Å². The molecule has 0 aromatic heterocycles. The van der Waals surface area contributed by atoms with Gasteiger partial charge in [0.05, 0.1) is 23.0 Å². The van der Waals surface area contributed by atoms with Gasteiger partial charge in [-0.15, -0.1) is 0 Å². The lowest BCUT2D eigenvalue weighted by Crippen LogP contribution is -2.19. The van der Waals surface area contributed by atoms with Crippen LogP contribution in [0.3, 0.4) is 0 Å². The highest BCUT2D eigenvalue weighted by atomic mass is 127. The van der Waals surface area contributed by atoms with E-state index in [2.05, 4.69) is 65.0 Å². The molecule has 0 atom stereocenters. The number of carbonyl (C=O) groups excluding carboxylic acids is 2. The summed E-state index contributed by atoms with van der Waals surface area (Å²) in [5.41, 5.74) is 10.2. The van der Waals surface area contributed by atoms with Crippen molar-refractivity contribution < 1.29 is 14.3 Å². The summed E-state index contributed by atoms with van der Waals surface area (Å²) >= 11 is 8.71. The van der Waals surface area contributed by atoms with E-state index >= 15 is 0 Å². The van der Waals surface area contributed by atoms with Crippen molar-refractivity contribution in [3.8, 4) is 5.75 Å². The quantitative estimate of drug-likeness (QED) is 0.0976. The van der Waals surface area contributed by atoms with Crippen molar-refractivity contribution in [1.82, 2.24) is 5.43 Å². The molecule has 9 heteroatoms. The van der Waals surface area contributed by atoms with Crippen LogP contribution in [-0.2, 0) is 0 Å². The van der Waals surface area contributed by atoms with Gasteiger partial charge in [0.2, 0.25) is 0 Å². The van der Waals surface area contributed by atoms with Crippen molar-refractivity contribution in [2.24, 2.45) is 5.10 Å². The maximum Gasteiger partial charge on any atom is 0.344 e. The smallest absolute Gasteiger partial charge is 0.344 e. The van der Waals surface area contributed by atoms with E-state index in [0.29, 0.717) is 37.1 Å². The number of anilines is 1. The van der Waals surface area contributed by atoms with E-state index in [-0.39, 0.29) is 0 Å². The normalized spacial score (nSPS) is 10.8. The number of nitrogens with one attached hydrogen (secondary N) is 1. The van der Waals surface area contributed by atoms with Crippen LogP contribution in [0.4, 0.5) is 5.69 Å². The Hall–Kier alpha value is -2.24. The first-order valence-corrected chi connectivity index (χ1v) is 11.2. The number of hydrazone groups is 1. The average molecular weight is 643 g/mol. The highest BCUT2D eigenvalue weighted by Crippen LogP contribution is 2.28. The molecule has 0 saturated heterocycles. The van der Waals surface area contributed by atoms with E-state index < -0.39 is 11.9 Å². The minimum absolute atomic E-state index is 0.297. The second kappa shape index (κ2) is 10.2. The number of nitrogens with two attached hydrogens (primary N) is 1. The van der Waals surface area contributed by atoms with Gasteiger partial charge < -0.3 is 10.5 Å². The van der Waals surface area contributed by atoms with Gasteiger partial charge in [0.25, 0.3) is 5.91 Å². The second-order valence-electron chi connectivity index (χ2n) is 5.99. The standard InChI is InChI=1S/C21H14Br2IN3O3/c22-13-9-16(19(25)17(23)10-13)20(28)27-26-11-12-5-7-14(8-6-12)30-21(29)15-3-1-2-4-18(15)24/h1-11H,25H2,(H,27,28)/b26-11-. The number of esters is 1. The molecule has 3 N–H and O–H groups in total. The fraction of sp³-hybridized carbons (Fsp3) is 0. The van der Waals surface area contributed by atoms with Gasteiger partial charge in [-0.05, 0) is 92.6 Å². The lowest BCUT2D eigenvalue weighted by atomic mass is 10.2. The number of rotatable bonds is 5. The Morgan fingerprint density at radius 3 is 2.43 bits per heavy atom. The van der Waals surface area contributed by atoms with E-state index in [0.717, 1.165) is 3.57 Å². The average Bonchev–Trinajstić information content (AvgIpc) is 2.72. The van der Waals surface area contributed by atoms with E-state index in [1.807, 2.05) is 12.1 Å². The van der Waals surface area contributed by atoms with Crippen LogP contribution in [0, 0.1) is 3.57 Å². The Kier molecular flexibility index (Phi) is 7.62. The number of hydrogen-bond donors (Lipinski definition) is 2. The third-order valence-electron chi connectivity index (χ3n) is 3.90. The predicted octanol–water partition coefficient (Wildman–Crippen LogP) is 5.38. The van der Waals surface area contributed by atoms with Crippen LogP contribution >= 0.6 is 54.5 Å². The molecule has 0 saturated carbocycles. The van der Waals surface area contributed by atoms with Gasteiger partial charge in [-0.1, -0.05) is 28.1 Å². The first-order valence-electron chi connectivity index (χ1n) is 8.50. The molecule has 0 aliphatic carbocycles. The number of benzene rings is 3. The summed E-state index contributed by atoms with van der Waals surface area (Å²) in [6.07, 6.45) is 1.48. The maximum atomic E-state index is 12.3. The number of carbonyl (C=O) groups is 2. The fourth-order valence-corrected chi connectivity index (χ4v) is 4.24. The summed E-state index contributed by atoms with van der Waals surface area (Å²) in [6.45, 7) is 0. The fourth-order valence-electron chi connectivity index (χ4n) is 2.41. The van der Waals surface area contributed by atoms with Gasteiger partial charge >= 0.3 is 5.97 Å². The monoisotopic (exact) mass is 641 g/mol. The molecule has 152 valence electrons. The van der Waals surface area contributed by atoms with Crippen molar-refractivity contribution in [3.05, 3.63) is 89.9 Å². The molecular formula is C21H14Br2IN3O3. The first kappa shape index (κ1) is 22.4. The van der Waals surface area contributed by atoms with E-state index in [9.17, 15) is 9.59 Å². The number of amides is 1. The molecule has 0 aliphatic rings. The van der Waals surface area contributed by atoms with Gasteiger partial charge in [0.15, 0.2) is 0 Å². The van der Waals surface area contributed by atoms with Crippen molar-refractivity contribution in [2.45, 2.75) is 0 Å². The molecule has 6 nitrogen and oxygen atoms in total. The number of nitrogens with zero attached hydrogens (tertiary/aromatic N) is 1. The summed E-state index contributed by atoms with van der Waals surface area (Å²) in [6, 6.07) is 17.3. The molecule has 3 aromatic carbocycles. The minimum atomic E-state index is -0.436. The molecule has 0 unspecified atom stereocenters. The molecule has 0 radical (unpaired) electrons. The SMILES string of the molecule is Nc1c(Br)cc(Br)cc1C(=O)N/N=C\c1ccc(OC(=O)c2ccccc2I)cc1.